The summed E-state index contributed by atoms with van der Waals surface area (Å²) in [5, 5.41) is 14.1. The molecule has 1 unspecified atom stereocenters. The van der Waals surface area contributed by atoms with E-state index in [0.717, 1.165) is 54.8 Å². The molecule has 0 saturated carbocycles. The van der Waals surface area contributed by atoms with Crippen molar-refractivity contribution in [2.24, 2.45) is 5.41 Å². The summed E-state index contributed by atoms with van der Waals surface area (Å²) in [6.07, 6.45) is 2.41. The van der Waals surface area contributed by atoms with E-state index in [0.29, 0.717) is 6.54 Å². The quantitative estimate of drug-likeness (QED) is 0.849. The number of likely N-dealkylation sites (tertiary alicyclic amines) is 1. The first-order valence-corrected chi connectivity index (χ1v) is 8.40. The molecule has 0 aliphatic carbocycles. The molecule has 1 saturated heterocycles. The summed E-state index contributed by atoms with van der Waals surface area (Å²) in [5.41, 5.74) is 1.57. The van der Waals surface area contributed by atoms with E-state index in [9.17, 15) is 9.90 Å². The van der Waals surface area contributed by atoms with Crippen LogP contribution >= 0.6 is 15.9 Å². The van der Waals surface area contributed by atoms with Crippen LogP contribution in [-0.4, -0.2) is 38.8 Å². The van der Waals surface area contributed by atoms with Crippen LogP contribution in [-0.2, 0) is 17.9 Å². The van der Waals surface area contributed by atoms with Crippen molar-refractivity contribution in [3.05, 3.63) is 15.9 Å². The normalized spacial score (nSPS) is 22.9. The molecule has 1 aromatic heterocycles. The van der Waals surface area contributed by atoms with Crippen molar-refractivity contribution in [3.8, 4) is 0 Å². The molecule has 5 nitrogen and oxygen atoms in total. The standard InChI is InChI=1S/C15H24BrN3O2/c1-4-6-15(14(20)21)7-8-18(10-15)9-12-13(16)11(3)17-19(12)5-2/h4-10H2,1-3H3,(H,20,21). The Morgan fingerprint density at radius 2 is 2.19 bits per heavy atom. The van der Waals surface area contributed by atoms with Crippen molar-refractivity contribution in [3.63, 3.8) is 0 Å². The Morgan fingerprint density at radius 1 is 1.48 bits per heavy atom. The minimum Gasteiger partial charge on any atom is -0.481 e. The maximum absolute atomic E-state index is 11.7. The maximum Gasteiger partial charge on any atom is 0.310 e. The molecule has 0 aromatic carbocycles. The van der Waals surface area contributed by atoms with Crippen LogP contribution in [0.4, 0.5) is 0 Å². The minimum atomic E-state index is -0.647. The second-order valence-electron chi connectivity index (χ2n) is 5.96. The number of aryl methyl sites for hydroxylation is 2. The minimum absolute atomic E-state index is 0.562. The Balaban J connectivity index is 2.14. The lowest BCUT2D eigenvalue weighted by Crippen LogP contribution is -2.34. The van der Waals surface area contributed by atoms with Gasteiger partial charge in [0.2, 0.25) is 0 Å². The first-order chi connectivity index (χ1) is 9.93. The molecule has 2 heterocycles. The molecule has 2 rings (SSSR count). The van der Waals surface area contributed by atoms with Gasteiger partial charge in [0.1, 0.15) is 0 Å². The third-order valence-corrected chi connectivity index (χ3v) is 5.47. The van der Waals surface area contributed by atoms with Crippen LogP contribution in [0.25, 0.3) is 0 Å². The van der Waals surface area contributed by atoms with Gasteiger partial charge in [-0.05, 0) is 49.2 Å². The lowest BCUT2D eigenvalue weighted by atomic mass is 9.83. The molecule has 1 aromatic rings. The Kier molecular flexibility index (Phi) is 5.09. The molecule has 0 bridgehead atoms. The monoisotopic (exact) mass is 357 g/mol. The highest BCUT2D eigenvalue weighted by Crippen LogP contribution is 2.36. The first kappa shape index (κ1) is 16.5. The molecule has 118 valence electrons. The molecule has 1 N–H and O–H groups in total. The molecule has 1 fully saturated rings. The van der Waals surface area contributed by atoms with E-state index in [4.69, 9.17) is 0 Å². The van der Waals surface area contributed by atoms with Crippen molar-refractivity contribution >= 4 is 21.9 Å². The van der Waals surface area contributed by atoms with E-state index in [2.05, 4.69) is 39.8 Å². The number of aliphatic carboxylic acids is 1. The van der Waals surface area contributed by atoms with Gasteiger partial charge in [0.05, 0.1) is 21.3 Å². The Bertz CT molecular complexity index is 529. The molecule has 0 spiro atoms. The Hall–Kier alpha value is -0.880. The maximum atomic E-state index is 11.7. The van der Waals surface area contributed by atoms with Crippen molar-refractivity contribution in [1.82, 2.24) is 14.7 Å². The van der Waals surface area contributed by atoms with Gasteiger partial charge in [-0.1, -0.05) is 13.3 Å². The molecule has 1 atom stereocenters. The third-order valence-electron chi connectivity index (χ3n) is 4.44. The van der Waals surface area contributed by atoms with Gasteiger partial charge in [-0.25, -0.2) is 0 Å². The number of carboxylic acids is 1. The molecular formula is C15H24BrN3O2. The number of carboxylic acid groups (broad SMARTS) is 1. The van der Waals surface area contributed by atoms with E-state index in [1.54, 1.807) is 0 Å². The number of halogens is 1. The number of hydrogen-bond donors (Lipinski definition) is 1. The van der Waals surface area contributed by atoms with Gasteiger partial charge in [-0.3, -0.25) is 14.4 Å². The molecular weight excluding hydrogens is 334 g/mol. The summed E-state index contributed by atoms with van der Waals surface area (Å²) >= 11 is 3.61. The topological polar surface area (TPSA) is 58.4 Å². The van der Waals surface area contributed by atoms with Crippen LogP contribution in [0.3, 0.4) is 0 Å². The number of aromatic nitrogens is 2. The summed E-state index contributed by atoms with van der Waals surface area (Å²) in [7, 11) is 0. The van der Waals surface area contributed by atoms with E-state index in [-0.39, 0.29) is 0 Å². The van der Waals surface area contributed by atoms with Crippen molar-refractivity contribution in [2.45, 2.75) is 53.1 Å². The van der Waals surface area contributed by atoms with Crippen LogP contribution in [0.2, 0.25) is 0 Å². The third kappa shape index (κ3) is 3.16. The van der Waals surface area contributed by atoms with Crippen LogP contribution in [0.1, 0.15) is 44.5 Å². The number of nitrogens with zero attached hydrogens (tertiary/aromatic N) is 3. The fourth-order valence-electron chi connectivity index (χ4n) is 3.29. The summed E-state index contributed by atoms with van der Waals surface area (Å²) in [4.78, 5) is 13.9. The number of rotatable bonds is 6. The lowest BCUT2D eigenvalue weighted by Gasteiger charge is -2.24. The largest absolute Gasteiger partial charge is 0.481 e. The lowest BCUT2D eigenvalue weighted by molar-refractivity contribution is -0.148. The van der Waals surface area contributed by atoms with E-state index in [1.807, 2.05) is 11.6 Å². The van der Waals surface area contributed by atoms with Gasteiger partial charge in [0, 0.05) is 19.6 Å². The predicted octanol–water partition coefficient (Wildman–Crippen LogP) is 3.05. The number of hydrogen-bond acceptors (Lipinski definition) is 3. The van der Waals surface area contributed by atoms with Gasteiger partial charge in [0.25, 0.3) is 0 Å². The SMILES string of the molecule is CCCC1(C(=O)O)CCN(Cc2c(Br)c(C)nn2CC)C1. The average Bonchev–Trinajstić information content (AvgIpc) is 2.97. The van der Waals surface area contributed by atoms with Crippen LogP contribution < -0.4 is 0 Å². The highest BCUT2D eigenvalue weighted by molar-refractivity contribution is 9.10. The summed E-state index contributed by atoms with van der Waals surface area (Å²) in [6.45, 7) is 9.18. The predicted molar refractivity (Wildman–Crippen MR) is 85.2 cm³/mol. The zero-order valence-electron chi connectivity index (χ0n) is 13.0. The summed E-state index contributed by atoms with van der Waals surface area (Å²) < 4.78 is 3.05. The zero-order chi connectivity index (χ0) is 15.6. The van der Waals surface area contributed by atoms with E-state index < -0.39 is 11.4 Å². The molecule has 1 aliphatic rings. The molecule has 0 amide bonds. The first-order valence-electron chi connectivity index (χ1n) is 7.61. The average molecular weight is 358 g/mol. The van der Waals surface area contributed by atoms with Crippen LogP contribution in [0.5, 0.6) is 0 Å². The fraction of sp³-hybridized carbons (Fsp3) is 0.733. The highest BCUT2D eigenvalue weighted by Gasteiger charge is 2.44. The zero-order valence-corrected chi connectivity index (χ0v) is 14.6. The Labute approximate surface area is 134 Å². The van der Waals surface area contributed by atoms with E-state index >= 15 is 0 Å². The van der Waals surface area contributed by atoms with Gasteiger partial charge < -0.3 is 5.11 Å². The highest BCUT2D eigenvalue weighted by atomic mass is 79.9. The van der Waals surface area contributed by atoms with Crippen molar-refractivity contribution in [1.29, 1.82) is 0 Å². The molecule has 1 aliphatic heterocycles. The Morgan fingerprint density at radius 3 is 2.76 bits per heavy atom. The van der Waals surface area contributed by atoms with Crippen LogP contribution in [0.15, 0.2) is 4.47 Å². The van der Waals surface area contributed by atoms with Crippen LogP contribution in [0, 0.1) is 12.3 Å². The van der Waals surface area contributed by atoms with Crippen molar-refractivity contribution < 1.29 is 9.90 Å². The molecule has 6 heteroatoms. The smallest absolute Gasteiger partial charge is 0.310 e. The summed E-state index contributed by atoms with van der Waals surface area (Å²) in [5.74, 6) is -0.647. The summed E-state index contributed by atoms with van der Waals surface area (Å²) in [6, 6.07) is 0. The van der Waals surface area contributed by atoms with Gasteiger partial charge in [-0.15, -0.1) is 0 Å². The molecule has 0 radical (unpaired) electrons. The van der Waals surface area contributed by atoms with Gasteiger partial charge in [-0.2, -0.15) is 5.10 Å². The molecule has 21 heavy (non-hydrogen) atoms. The van der Waals surface area contributed by atoms with Gasteiger partial charge in [0.15, 0.2) is 0 Å². The number of carbonyl (C=O) groups is 1. The second-order valence-corrected chi connectivity index (χ2v) is 6.75. The van der Waals surface area contributed by atoms with Crippen molar-refractivity contribution in [2.75, 3.05) is 13.1 Å². The fourth-order valence-corrected chi connectivity index (χ4v) is 3.70. The van der Waals surface area contributed by atoms with E-state index in [1.165, 1.54) is 0 Å². The second kappa shape index (κ2) is 6.48. The van der Waals surface area contributed by atoms with Gasteiger partial charge >= 0.3 is 5.97 Å².